The van der Waals surface area contributed by atoms with E-state index < -0.39 is 42.9 Å². The van der Waals surface area contributed by atoms with Crippen LogP contribution in [0.1, 0.15) is 47.3 Å². The number of alkyl halides is 2. The Kier molecular flexibility index (Phi) is 10.6. The summed E-state index contributed by atoms with van der Waals surface area (Å²) in [7, 11) is 0. The van der Waals surface area contributed by atoms with Gasteiger partial charge in [0.1, 0.15) is 5.75 Å². The Morgan fingerprint density at radius 1 is 1.18 bits per heavy atom. The van der Waals surface area contributed by atoms with E-state index in [9.17, 15) is 33.4 Å². The molecular formula is C25H28BrF2N5O6. The van der Waals surface area contributed by atoms with Crippen molar-refractivity contribution in [1.82, 2.24) is 16.0 Å². The van der Waals surface area contributed by atoms with Crippen LogP contribution in [0.5, 0.6) is 5.75 Å². The van der Waals surface area contributed by atoms with Crippen molar-refractivity contribution in [2.45, 2.75) is 31.9 Å². The number of nitrogens with zero attached hydrogens (tertiary/aromatic N) is 1. The van der Waals surface area contributed by atoms with E-state index in [0.717, 1.165) is 0 Å². The van der Waals surface area contributed by atoms with Gasteiger partial charge in [-0.05, 0) is 42.8 Å². The fraction of sp³-hybridized carbons (Fsp3) is 0.360. The van der Waals surface area contributed by atoms with Crippen LogP contribution in [0, 0.1) is 0 Å². The van der Waals surface area contributed by atoms with Crippen molar-refractivity contribution in [2.75, 3.05) is 31.6 Å². The lowest BCUT2D eigenvalue weighted by molar-refractivity contribution is -0.143. The van der Waals surface area contributed by atoms with Gasteiger partial charge in [0.25, 0.3) is 12.3 Å². The molecule has 39 heavy (non-hydrogen) atoms. The largest absolute Gasteiger partial charge is 0.508 e. The monoisotopic (exact) mass is 611 g/mol. The number of phenols is 1. The summed E-state index contributed by atoms with van der Waals surface area (Å²) in [5, 5.41) is 30.3. The summed E-state index contributed by atoms with van der Waals surface area (Å²) >= 11 is 3.17. The molecule has 1 aliphatic rings. The zero-order valence-electron chi connectivity index (χ0n) is 20.8. The molecule has 2 amide bonds. The maximum absolute atomic E-state index is 13.3. The van der Waals surface area contributed by atoms with Crippen LogP contribution in [-0.2, 0) is 14.3 Å². The van der Waals surface area contributed by atoms with E-state index in [1.165, 1.54) is 36.4 Å². The van der Waals surface area contributed by atoms with Gasteiger partial charge in [0.2, 0.25) is 5.91 Å². The normalized spacial score (nSPS) is 15.5. The zero-order chi connectivity index (χ0) is 28.5. The van der Waals surface area contributed by atoms with Crippen molar-refractivity contribution < 1.29 is 38.1 Å². The Morgan fingerprint density at radius 3 is 2.59 bits per heavy atom. The summed E-state index contributed by atoms with van der Waals surface area (Å²) in [5.41, 5.74) is 0.335. The number of aliphatic hydroxyl groups is 1. The highest BCUT2D eigenvalue weighted by Crippen LogP contribution is 2.29. The number of anilines is 1. The first-order valence-corrected chi connectivity index (χ1v) is 12.7. The van der Waals surface area contributed by atoms with Gasteiger partial charge in [-0.2, -0.15) is 0 Å². The minimum absolute atomic E-state index is 0.0402. The molecule has 14 heteroatoms. The number of ether oxygens (including phenoxy) is 1. The quantitative estimate of drug-likeness (QED) is 0.223. The number of phenolic OH excluding ortho intramolecular Hbond substituents is 1. The number of benzene rings is 2. The summed E-state index contributed by atoms with van der Waals surface area (Å²) in [4.78, 5) is 41.6. The highest BCUT2D eigenvalue weighted by Gasteiger charge is 2.22. The lowest BCUT2D eigenvalue weighted by atomic mass is 10.0. The van der Waals surface area contributed by atoms with Crippen molar-refractivity contribution in [1.29, 1.82) is 0 Å². The number of guanidine groups is 1. The molecule has 1 heterocycles. The Morgan fingerprint density at radius 2 is 1.92 bits per heavy atom. The molecule has 0 aliphatic carbocycles. The van der Waals surface area contributed by atoms with Crippen LogP contribution >= 0.6 is 15.9 Å². The maximum atomic E-state index is 13.3. The number of amides is 2. The number of carbonyl (C=O) groups is 3. The molecule has 0 aromatic heterocycles. The number of hydrogen-bond donors (Lipinski definition) is 6. The summed E-state index contributed by atoms with van der Waals surface area (Å²) in [6, 6.07) is 6.92. The molecule has 6 N–H and O–H groups in total. The molecule has 0 saturated heterocycles. The highest BCUT2D eigenvalue weighted by molar-refractivity contribution is 9.10. The van der Waals surface area contributed by atoms with Gasteiger partial charge in [0, 0.05) is 33.9 Å². The van der Waals surface area contributed by atoms with Crippen LogP contribution < -0.4 is 21.3 Å². The van der Waals surface area contributed by atoms with E-state index >= 15 is 0 Å². The van der Waals surface area contributed by atoms with Gasteiger partial charge >= 0.3 is 5.97 Å². The standard InChI is InChI=1S/C25H28BrF2N5O6/c1-2-39-22(37)9-20(13-3-14(23(27)28)5-16(26)4-13)33-21(36)12-29-24(38)15-6-17(8-18(34)7-15)32-25-30-10-19(35)11-31-25/h3-8,19-20,23,34-35H,2,9-12H2,1H3,(H,29,38)(H,33,36)(H2,30,31,32)/t20-/m0/s1. The number of halogens is 3. The fourth-order valence-electron chi connectivity index (χ4n) is 3.68. The topological polar surface area (TPSA) is 161 Å². The van der Waals surface area contributed by atoms with Crippen molar-refractivity contribution >= 4 is 45.4 Å². The minimum atomic E-state index is -2.77. The average molecular weight is 612 g/mol. The maximum Gasteiger partial charge on any atom is 0.308 e. The second kappa shape index (κ2) is 13.8. The van der Waals surface area contributed by atoms with Crippen LogP contribution in [0.2, 0.25) is 0 Å². The molecule has 2 atom stereocenters. The molecule has 1 unspecified atom stereocenters. The number of rotatable bonds is 10. The van der Waals surface area contributed by atoms with Crippen LogP contribution in [0.3, 0.4) is 0 Å². The molecule has 0 fully saturated rings. The number of nitrogens with one attached hydrogen (secondary N) is 4. The van der Waals surface area contributed by atoms with E-state index in [1.807, 2.05) is 0 Å². The van der Waals surface area contributed by atoms with Crippen molar-refractivity contribution in [3.63, 3.8) is 0 Å². The molecule has 0 spiro atoms. The van der Waals surface area contributed by atoms with E-state index in [4.69, 9.17) is 4.74 Å². The summed E-state index contributed by atoms with van der Waals surface area (Å²) in [6.07, 6.45) is -3.70. The molecular weight excluding hydrogens is 584 g/mol. The Labute approximate surface area is 231 Å². The van der Waals surface area contributed by atoms with Gasteiger partial charge in [0.15, 0.2) is 5.96 Å². The van der Waals surface area contributed by atoms with E-state index in [1.54, 1.807) is 6.92 Å². The van der Waals surface area contributed by atoms with E-state index in [0.29, 0.717) is 16.1 Å². The Hall–Kier alpha value is -3.78. The van der Waals surface area contributed by atoms with Crippen molar-refractivity contribution in [2.24, 2.45) is 4.99 Å². The number of β-amino-alcohol motifs (C(OH)–C–C–N with tert-alkyl or cyclic N) is 1. The highest BCUT2D eigenvalue weighted by atomic mass is 79.9. The van der Waals surface area contributed by atoms with E-state index in [-0.39, 0.29) is 48.6 Å². The third-order valence-corrected chi connectivity index (χ3v) is 5.88. The van der Waals surface area contributed by atoms with Gasteiger partial charge in [-0.25, -0.2) is 8.78 Å². The second-order valence-electron chi connectivity index (χ2n) is 8.55. The number of aromatic hydroxyl groups is 1. The van der Waals surface area contributed by atoms with E-state index in [2.05, 4.69) is 42.2 Å². The molecule has 0 bridgehead atoms. The number of aliphatic imine (C=N–C) groups is 1. The number of hydrogen-bond acceptors (Lipinski definition) is 9. The summed E-state index contributed by atoms with van der Waals surface area (Å²) in [5.74, 6) is -1.87. The predicted octanol–water partition coefficient (Wildman–Crippen LogP) is 2.36. The van der Waals surface area contributed by atoms with Crippen molar-refractivity contribution in [3.8, 4) is 5.75 Å². The predicted molar refractivity (Wildman–Crippen MR) is 142 cm³/mol. The third-order valence-electron chi connectivity index (χ3n) is 5.43. The van der Waals surface area contributed by atoms with Gasteiger partial charge < -0.3 is 36.2 Å². The van der Waals surface area contributed by atoms with Crippen LogP contribution in [0.15, 0.2) is 45.9 Å². The first-order valence-electron chi connectivity index (χ1n) is 11.9. The van der Waals surface area contributed by atoms with Gasteiger partial charge in [-0.1, -0.05) is 15.9 Å². The van der Waals surface area contributed by atoms with Crippen molar-refractivity contribution in [3.05, 3.63) is 57.6 Å². The molecule has 2 aromatic rings. The molecule has 0 saturated carbocycles. The Bertz CT molecular complexity index is 1250. The van der Waals surface area contributed by atoms with Crippen LogP contribution in [0.4, 0.5) is 14.5 Å². The second-order valence-corrected chi connectivity index (χ2v) is 9.46. The number of esters is 1. The summed E-state index contributed by atoms with van der Waals surface area (Å²) < 4.78 is 31.9. The van der Waals surface area contributed by atoms with Crippen LogP contribution in [-0.4, -0.2) is 66.3 Å². The molecule has 11 nitrogen and oxygen atoms in total. The number of carbonyl (C=O) groups excluding carboxylic acids is 3. The number of aliphatic hydroxyl groups excluding tert-OH is 1. The van der Waals surface area contributed by atoms with Gasteiger partial charge in [-0.3, -0.25) is 19.4 Å². The molecule has 3 rings (SSSR count). The molecule has 210 valence electrons. The van der Waals surface area contributed by atoms with Crippen LogP contribution in [0.25, 0.3) is 0 Å². The lowest BCUT2D eigenvalue weighted by Gasteiger charge is -2.20. The average Bonchev–Trinajstić information content (AvgIpc) is 2.87. The zero-order valence-corrected chi connectivity index (χ0v) is 22.4. The SMILES string of the molecule is CCOC(=O)C[C@H](NC(=O)CNC(=O)c1cc(O)cc(NC2=NCC(O)CN2)c1)c1cc(Br)cc(C(F)F)c1. The first kappa shape index (κ1) is 29.8. The minimum Gasteiger partial charge on any atom is -0.508 e. The fourth-order valence-corrected chi connectivity index (χ4v) is 4.20. The van der Waals surface area contributed by atoms with Gasteiger partial charge in [-0.15, -0.1) is 0 Å². The van der Waals surface area contributed by atoms with Gasteiger partial charge in [0.05, 0.1) is 38.3 Å². The third kappa shape index (κ3) is 9.18. The molecule has 2 aromatic carbocycles. The molecule has 1 aliphatic heterocycles. The summed E-state index contributed by atoms with van der Waals surface area (Å²) in [6.45, 7) is 1.69. The molecule has 0 radical (unpaired) electrons. The lowest BCUT2D eigenvalue weighted by Crippen LogP contribution is -2.42. The first-order chi connectivity index (χ1) is 18.5. The Balaban J connectivity index is 1.67. The smallest absolute Gasteiger partial charge is 0.308 e.